The van der Waals surface area contributed by atoms with Gasteiger partial charge in [-0.15, -0.1) is 0 Å². The zero-order valence-electron chi connectivity index (χ0n) is 8.07. The molecule has 0 fully saturated rings. The van der Waals surface area contributed by atoms with Gasteiger partial charge in [0.1, 0.15) is 6.29 Å². The number of benzene rings is 1. The highest BCUT2D eigenvalue weighted by Gasteiger charge is 2.43. The van der Waals surface area contributed by atoms with Crippen molar-refractivity contribution in [3.63, 3.8) is 0 Å². The lowest BCUT2D eigenvalue weighted by Gasteiger charge is -2.10. The smallest absolute Gasteiger partial charge is 0.249 e. The minimum Gasteiger partial charge on any atom is -0.324 e. The molecule has 4 nitrogen and oxygen atoms in total. The molecule has 1 N–H and O–H groups in total. The van der Waals surface area contributed by atoms with Crippen LogP contribution in [0.5, 0.6) is 0 Å². The summed E-state index contributed by atoms with van der Waals surface area (Å²) in [5, 5.41) is 11.6. The zero-order chi connectivity index (χ0) is 11.1. The summed E-state index contributed by atoms with van der Waals surface area (Å²) in [6, 6.07) is 6.79. The molecule has 1 heterocycles. The number of carbonyl (C=O) groups excluding carboxylic acids is 2. The topological polar surface area (TPSA) is 70.0 Å². The van der Waals surface area contributed by atoms with Crippen molar-refractivity contribution in [1.29, 1.82) is 5.26 Å². The van der Waals surface area contributed by atoms with Crippen molar-refractivity contribution in [3.05, 3.63) is 29.3 Å². The van der Waals surface area contributed by atoms with E-state index in [1.165, 1.54) is 0 Å². The van der Waals surface area contributed by atoms with Crippen LogP contribution in [0.1, 0.15) is 22.8 Å². The average Bonchev–Trinajstić information content (AvgIpc) is 2.51. The third-order valence-electron chi connectivity index (χ3n) is 2.64. The molecule has 1 amide bonds. The second-order valence-corrected chi connectivity index (χ2v) is 3.61. The first kappa shape index (κ1) is 9.41. The van der Waals surface area contributed by atoms with Gasteiger partial charge >= 0.3 is 0 Å². The van der Waals surface area contributed by atoms with Crippen LogP contribution in [-0.4, -0.2) is 12.2 Å². The lowest BCUT2D eigenvalue weighted by molar-refractivity contribution is -0.118. The molecule has 1 aromatic carbocycles. The maximum Gasteiger partial charge on any atom is 0.249 e. The van der Waals surface area contributed by atoms with Gasteiger partial charge in [0.2, 0.25) is 5.91 Å². The van der Waals surface area contributed by atoms with Crippen LogP contribution in [0.15, 0.2) is 18.2 Å². The molecular formula is C11H8N2O2. The third kappa shape index (κ3) is 1.13. The number of fused-ring (bicyclic) bond motifs is 1. The second kappa shape index (κ2) is 2.92. The van der Waals surface area contributed by atoms with Crippen molar-refractivity contribution in [3.8, 4) is 6.07 Å². The normalized spacial score (nSPS) is 22.8. The molecule has 0 bridgehead atoms. The molecule has 1 aliphatic heterocycles. The first-order valence-electron chi connectivity index (χ1n) is 4.44. The first-order valence-corrected chi connectivity index (χ1v) is 4.44. The van der Waals surface area contributed by atoms with Gasteiger partial charge in [0.05, 0.1) is 6.07 Å². The van der Waals surface area contributed by atoms with Crippen LogP contribution >= 0.6 is 0 Å². The van der Waals surface area contributed by atoms with Crippen molar-refractivity contribution in [2.75, 3.05) is 5.32 Å². The number of nitrogens with one attached hydrogen (secondary N) is 1. The maximum absolute atomic E-state index is 11.6. The van der Waals surface area contributed by atoms with Crippen LogP contribution in [0, 0.1) is 11.3 Å². The largest absolute Gasteiger partial charge is 0.324 e. The van der Waals surface area contributed by atoms with Crippen molar-refractivity contribution in [1.82, 2.24) is 0 Å². The fourth-order valence-corrected chi connectivity index (χ4v) is 1.66. The molecule has 0 saturated carbocycles. The summed E-state index contributed by atoms with van der Waals surface area (Å²) in [4.78, 5) is 22.1. The first-order chi connectivity index (χ1) is 7.11. The number of hydrogen-bond acceptors (Lipinski definition) is 3. The summed E-state index contributed by atoms with van der Waals surface area (Å²) in [5.41, 5.74) is 0.516. The Bertz CT molecular complexity index is 502. The summed E-state index contributed by atoms with van der Waals surface area (Å²) in [5.74, 6) is -0.344. The Kier molecular flexibility index (Phi) is 1.83. The lowest BCUT2D eigenvalue weighted by Crippen LogP contribution is -2.28. The van der Waals surface area contributed by atoms with Gasteiger partial charge in [0.25, 0.3) is 0 Å². The summed E-state index contributed by atoms with van der Waals surface area (Å²) >= 11 is 0. The molecular weight excluding hydrogens is 192 g/mol. The predicted octanol–water partition coefficient (Wildman–Crippen LogP) is 1.23. The fraction of sp³-hybridized carbons (Fsp3) is 0.182. The van der Waals surface area contributed by atoms with Crippen molar-refractivity contribution >= 4 is 17.9 Å². The number of nitriles is 1. The summed E-state index contributed by atoms with van der Waals surface area (Å²) in [7, 11) is 0. The van der Waals surface area contributed by atoms with E-state index in [0.29, 0.717) is 23.1 Å². The van der Waals surface area contributed by atoms with Gasteiger partial charge in [-0.1, -0.05) is 12.1 Å². The Morgan fingerprint density at radius 2 is 2.27 bits per heavy atom. The van der Waals surface area contributed by atoms with Crippen molar-refractivity contribution in [2.24, 2.45) is 0 Å². The van der Waals surface area contributed by atoms with E-state index in [2.05, 4.69) is 5.32 Å². The Balaban J connectivity index is 2.63. The number of hydrogen-bond donors (Lipinski definition) is 1. The molecule has 1 atom stereocenters. The van der Waals surface area contributed by atoms with Crippen LogP contribution in [0.2, 0.25) is 0 Å². The number of amides is 1. The van der Waals surface area contributed by atoms with E-state index in [4.69, 9.17) is 5.26 Å². The number of carbonyl (C=O) groups is 2. The van der Waals surface area contributed by atoms with E-state index < -0.39 is 5.41 Å². The van der Waals surface area contributed by atoms with Gasteiger partial charge in [-0.3, -0.25) is 9.59 Å². The van der Waals surface area contributed by atoms with Gasteiger partial charge in [-0.25, -0.2) is 0 Å². The van der Waals surface area contributed by atoms with Crippen LogP contribution in [0.4, 0.5) is 5.69 Å². The van der Waals surface area contributed by atoms with Crippen molar-refractivity contribution < 1.29 is 9.59 Å². The Morgan fingerprint density at radius 3 is 2.87 bits per heavy atom. The fourth-order valence-electron chi connectivity index (χ4n) is 1.66. The summed E-state index contributed by atoms with van der Waals surface area (Å²) < 4.78 is 0. The monoisotopic (exact) mass is 200 g/mol. The number of nitrogens with zero attached hydrogens (tertiary/aromatic N) is 1. The molecule has 1 aliphatic rings. The molecule has 0 saturated heterocycles. The number of rotatable bonds is 1. The average molecular weight is 200 g/mol. The highest BCUT2D eigenvalue weighted by Crippen LogP contribution is 2.37. The molecule has 1 unspecified atom stereocenters. The second-order valence-electron chi connectivity index (χ2n) is 3.61. The highest BCUT2D eigenvalue weighted by molar-refractivity contribution is 6.08. The van der Waals surface area contributed by atoms with Crippen LogP contribution in [0.3, 0.4) is 0 Å². The van der Waals surface area contributed by atoms with Crippen LogP contribution in [-0.2, 0) is 10.2 Å². The van der Waals surface area contributed by atoms with E-state index in [1.54, 1.807) is 25.1 Å². The summed E-state index contributed by atoms with van der Waals surface area (Å²) in [6.45, 7) is 1.56. The van der Waals surface area contributed by atoms with Gasteiger partial charge in [-0.05, 0) is 13.0 Å². The molecule has 2 rings (SSSR count). The molecule has 0 spiro atoms. The van der Waals surface area contributed by atoms with Gasteiger partial charge < -0.3 is 5.32 Å². The van der Waals surface area contributed by atoms with Crippen LogP contribution in [0.25, 0.3) is 0 Å². The van der Waals surface area contributed by atoms with E-state index in [9.17, 15) is 9.59 Å². The molecule has 74 valence electrons. The Hall–Kier alpha value is -2.15. The quantitative estimate of drug-likeness (QED) is 0.693. The predicted molar refractivity (Wildman–Crippen MR) is 53.4 cm³/mol. The Morgan fingerprint density at radius 1 is 1.53 bits per heavy atom. The molecule has 0 aliphatic carbocycles. The van der Waals surface area contributed by atoms with Crippen molar-refractivity contribution in [2.45, 2.75) is 12.3 Å². The molecule has 1 aromatic rings. The maximum atomic E-state index is 11.6. The van der Waals surface area contributed by atoms with E-state index >= 15 is 0 Å². The minimum atomic E-state index is -1.14. The number of anilines is 1. The van der Waals surface area contributed by atoms with Gasteiger partial charge in [0, 0.05) is 16.8 Å². The molecule has 15 heavy (non-hydrogen) atoms. The molecule has 0 radical (unpaired) electrons. The SMILES string of the molecule is CC1(C#N)C(=O)Nc2cc(C=O)ccc21. The van der Waals surface area contributed by atoms with E-state index in [-0.39, 0.29) is 5.91 Å². The summed E-state index contributed by atoms with van der Waals surface area (Å²) in [6.07, 6.45) is 0.703. The third-order valence-corrected chi connectivity index (χ3v) is 2.64. The van der Waals surface area contributed by atoms with Gasteiger partial charge in [-0.2, -0.15) is 5.26 Å². The van der Waals surface area contributed by atoms with E-state index in [1.807, 2.05) is 6.07 Å². The Labute approximate surface area is 86.5 Å². The number of aldehydes is 1. The molecule has 4 heteroatoms. The van der Waals surface area contributed by atoms with Gasteiger partial charge in [0.15, 0.2) is 5.41 Å². The van der Waals surface area contributed by atoms with E-state index in [0.717, 1.165) is 0 Å². The highest BCUT2D eigenvalue weighted by atomic mass is 16.2. The minimum absolute atomic E-state index is 0.344. The standard InChI is InChI=1S/C11H8N2O2/c1-11(6-12)8-3-2-7(5-14)4-9(8)13-10(11)15/h2-5H,1H3,(H,13,15). The lowest BCUT2D eigenvalue weighted by atomic mass is 9.85. The molecule has 0 aromatic heterocycles. The van der Waals surface area contributed by atoms with Crippen LogP contribution < -0.4 is 5.32 Å². The zero-order valence-corrected chi connectivity index (χ0v) is 8.07.